The molecule has 1 aromatic carbocycles. The number of nitrogens with one attached hydrogen (secondary N) is 1. The van der Waals surface area contributed by atoms with E-state index in [2.05, 4.69) is 15.5 Å². The molecule has 2 rings (SSSR count). The second kappa shape index (κ2) is 7.55. The van der Waals surface area contributed by atoms with Crippen LogP contribution in [0.2, 0.25) is 0 Å². The van der Waals surface area contributed by atoms with Crippen molar-refractivity contribution in [3.63, 3.8) is 0 Å². The molecule has 136 valence electrons. The zero-order chi connectivity index (χ0) is 18.6. The van der Waals surface area contributed by atoms with E-state index in [0.717, 1.165) is 5.69 Å². The van der Waals surface area contributed by atoms with Crippen LogP contribution in [0.25, 0.3) is 0 Å². The van der Waals surface area contributed by atoms with Gasteiger partial charge in [-0.2, -0.15) is 4.98 Å². The Kier molecular flexibility index (Phi) is 5.66. The van der Waals surface area contributed by atoms with E-state index in [-0.39, 0.29) is 24.0 Å². The summed E-state index contributed by atoms with van der Waals surface area (Å²) in [6, 6.07) is 7.27. The molecule has 0 spiro atoms. The molecule has 0 saturated carbocycles. The monoisotopic (exact) mass is 346 g/mol. The lowest BCUT2D eigenvalue weighted by atomic mass is 9.96. The van der Waals surface area contributed by atoms with Crippen molar-refractivity contribution in [3.05, 3.63) is 36.0 Å². The zero-order valence-corrected chi connectivity index (χ0v) is 15.7. The van der Waals surface area contributed by atoms with E-state index in [9.17, 15) is 4.79 Å². The van der Waals surface area contributed by atoms with Crippen LogP contribution in [0.3, 0.4) is 0 Å². The molecule has 7 nitrogen and oxygen atoms in total. The molecule has 1 amide bonds. The van der Waals surface area contributed by atoms with Crippen LogP contribution in [-0.2, 0) is 10.2 Å². The molecule has 0 aliphatic carbocycles. The summed E-state index contributed by atoms with van der Waals surface area (Å²) >= 11 is 0. The van der Waals surface area contributed by atoms with Gasteiger partial charge in [0, 0.05) is 25.2 Å². The van der Waals surface area contributed by atoms with Crippen molar-refractivity contribution in [1.82, 2.24) is 15.0 Å². The number of nitrogens with zero attached hydrogens (tertiary/aromatic N) is 3. The third-order valence-electron chi connectivity index (χ3n) is 3.58. The molecule has 25 heavy (non-hydrogen) atoms. The lowest BCUT2D eigenvalue weighted by molar-refractivity contribution is -0.130. The number of likely N-dealkylation sites (N-methyl/N-ethyl adjacent to an activating group) is 1. The topological polar surface area (TPSA) is 80.5 Å². The van der Waals surface area contributed by atoms with Crippen molar-refractivity contribution < 1.29 is 14.1 Å². The first-order valence-electron chi connectivity index (χ1n) is 8.20. The minimum atomic E-state index is -0.148. The maximum absolute atomic E-state index is 11.5. The second-order valence-electron chi connectivity index (χ2n) is 7.17. The lowest BCUT2D eigenvalue weighted by Crippen LogP contribution is -2.27. The smallest absolute Gasteiger partial charge is 0.259 e. The Bertz CT molecular complexity index is 702. The summed E-state index contributed by atoms with van der Waals surface area (Å²) in [5, 5.41) is 7.34. The molecule has 0 unspecified atom stereocenters. The predicted octanol–water partition coefficient (Wildman–Crippen LogP) is 3.01. The number of hydrogen-bond acceptors (Lipinski definition) is 6. The average Bonchev–Trinajstić information content (AvgIpc) is 3.04. The van der Waals surface area contributed by atoms with Gasteiger partial charge in [-0.15, -0.1) is 0 Å². The van der Waals surface area contributed by atoms with E-state index in [1.54, 1.807) is 14.1 Å². The van der Waals surface area contributed by atoms with Crippen LogP contribution in [0.4, 0.5) is 5.69 Å². The highest BCUT2D eigenvalue weighted by molar-refractivity contribution is 5.77. The summed E-state index contributed by atoms with van der Waals surface area (Å²) in [4.78, 5) is 17.5. The molecule has 0 aliphatic rings. The summed E-state index contributed by atoms with van der Waals surface area (Å²) < 4.78 is 10.8. The number of anilines is 1. The highest BCUT2D eigenvalue weighted by Gasteiger charge is 2.23. The van der Waals surface area contributed by atoms with Crippen LogP contribution in [0.5, 0.6) is 5.75 Å². The van der Waals surface area contributed by atoms with Crippen molar-refractivity contribution >= 4 is 11.6 Å². The normalized spacial score (nSPS) is 12.6. The molecular formula is C18H26N4O3. The SMILES string of the molecule is C[C@@H](Nc1ccc(OCC(=O)N(C)C)cc1)c1nc(C(C)(C)C)no1. The third kappa shape index (κ3) is 5.20. The van der Waals surface area contributed by atoms with E-state index in [0.29, 0.717) is 17.5 Å². The average molecular weight is 346 g/mol. The molecule has 0 fully saturated rings. The second-order valence-corrected chi connectivity index (χ2v) is 7.17. The molecule has 0 bridgehead atoms. The fourth-order valence-electron chi connectivity index (χ4n) is 1.95. The van der Waals surface area contributed by atoms with Gasteiger partial charge in [0.15, 0.2) is 12.4 Å². The summed E-state index contributed by atoms with van der Waals surface area (Å²) in [7, 11) is 3.39. The van der Waals surface area contributed by atoms with E-state index >= 15 is 0 Å². The van der Waals surface area contributed by atoms with Gasteiger partial charge in [-0.1, -0.05) is 25.9 Å². The zero-order valence-electron chi connectivity index (χ0n) is 15.7. The molecule has 1 aromatic heterocycles. The molecule has 1 atom stereocenters. The molecule has 0 radical (unpaired) electrons. The number of carbonyl (C=O) groups excluding carboxylic acids is 1. The Morgan fingerprint density at radius 1 is 1.28 bits per heavy atom. The van der Waals surface area contributed by atoms with Crippen LogP contribution in [-0.4, -0.2) is 41.6 Å². The number of ether oxygens (including phenoxy) is 1. The molecule has 2 aromatic rings. The number of aromatic nitrogens is 2. The Morgan fingerprint density at radius 2 is 1.92 bits per heavy atom. The summed E-state index contributed by atoms with van der Waals surface area (Å²) in [6.07, 6.45) is 0. The van der Waals surface area contributed by atoms with Gasteiger partial charge < -0.3 is 19.5 Å². The third-order valence-corrected chi connectivity index (χ3v) is 3.58. The molecule has 0 aliphatic heterocycles. The highest BCUT2D eigenvalue weighted by atomic mass is 16.5. The van der Waals surface area contributed by atoms with E-state index in [1.807, 2.05) is 52.0 Å². The quantitative estimate of drug-likeness (QED) is 0.866. The van der Waals surface area contributed by atoms with Gasteiger partial charge >= 0.3 is 0 Å². The number of carbonyl (C=O) groups is 1. The van der Waals surface area contributed by atoms with Gasteiger partial charge in [0.25, 0.3) is 5.91 Å². The number of hydrogen-bond donors (Lipinski definition) is 1. The number of amides is 1. The predicted molar refractivity (Wildman–Crippen MR) is 95.7 cm³/mol. The number of rotatable bonds is 6. The fraction of sp³-hybridized carbons (Fsp3) is 0.500. The Hall–Kier alpha value is -2.57. The fourth-order valence-corrected chi connectivity index (χ4v) is 1.95. The minimum absolute atomic E-state index is 0.0216. The van der Waals surface area contributed by atoms with Gasteiger partial charge in [-0.05, 0) is 31.2 Å². The molecule has 7 heteroatoms. The van der Waals surface area contributed by atoms with E-state index in [1.165, 1.54) is 4.90 Å². The first-order valence-corrected chi connectivity index (χ1v) is 8.20. The Labute approximate surface area is 148 Å². The van der Waals surface area contributed by atoms with Crippen LogP contribution in [0.1, 0.15) is 45.5 Å². The summed E-state index contributed by atoms with van der Waals surface area (Å²) in [5.41, 5.74) is 0.749. The molecule has 0 saturated heterocycles. The van der Waals surface area contributed by atoms with E-state index < -0.39 is 0 Å². The van der Waals surface area contributed by atoms with Gasteiger partial charge in [-0.25, -0.2) is 0 Å². The standard InChI is InChI=1S/C18H26N4O3/c1-12(16-20-17(21-25-16)18(2,3)4)19-13-7-9-14(10-8-13)24-11-15(23)22(5)6/h7-10,12,19H,11H2,1-6H3/t12-/m1/s1. The molecule has 1 heterocycles. The summed E-state index contributed by atoms with van der Waals surface area (Å²) in [6.45, 7) is 8.10. The van der Waals surface area contributed by atoms with Crippen molar-refractivity contribution in [2.75, 3.05) is 26.0 Å². The van der Waals surface area contributed by atoms with Crippen molar-refractivity contribution in [3.8, 4) is 5.75 Å². The number of benzene rings is 1. The van der Waals surface area contributed by atoms with Gasteiger partial charge in [0.1, 0.15) is 11.8 Å². The van der Waals surface area contributed by atoms with Crippen LogP contribution in [0.15, 0.2) is 28.8 Å². The van der Waals surface area contributed by atoms with Crippen LogP contribution >= 0.6 is 0 Å². The van der Waals surface area contributed by atoms with Crippen molar-refractivity contribution in [2.24, 2.45) is 0 Å². The summed E-state index contributed by atoms with van der Waals surface area (Å²) in [5.74, 6) is 1.79. The van der Waals surface area contributed by atoms with Crippen LogP contribution in [0, 0.1) is 0 Å². The molecular weight excluding hydrogens is 320 g/mol. The van der Waals surface area contributed by atoms with Crippen molar-refractivity contribution in [2.45, 2.75) is 39.2 Å². The highest BCUT2D eigenvalue weighted by Crippen LogP contribution is 2.24. The van der Waals surface area contributed by atoms with Gasteiger partial charge in [0.05, 0.1) is 0 Å². The van der Waals surface area contributed by atoms with Crippen molar-refractivity contribution in [1.29, 1.82) is 0 Å². The minimum Gasteiger partial charge on any atom is -0.484 e. The largest absolute Gasteiger partial charge is 0.484 e. The molecule has 1 N–H and O–H groups in total. The Morgan fingerprint density at radius 3 is 2.44 bits per heavy atom. The van der Waals surface area contributed by atoms with Gasteiger partial charge in [0.2, 0.25) is 5.89 Å². The first-order chi connectivity index (χ1) is 11.7. The lowest BCUT2D eigenvalue weighted by Gasteiger charge is -2.14. The maximum Gasteiger partial charge on any atom is 0.259 e. The maximum atomic E-state index is 11.5. The Balaban J connectivity index is 1.94. The van der Waals surface area contributed by atoms with E-state index in [4.69, 9.17) is 9.26 Å². The van der Waals surface area contributed by atoms with Crippen LogP contribution < -0.4 is 10.1 Å². The first kappa shape index (κ1) is 18.8. The van der Waals surface area contributed by atoms with Gasteiger partial charge in [-0.3, -0.25) is 4.79 Å².